The fourth-order valence-electron chi connectivity index (χ4n) is 3.80. The molecule has 18 heteroatoms. The number of fused-ring (bicyclic) bond motifs is 1. The highest BCUT2D eigenvalue weighted by molar-refractivity contribution is 7.87. The number of aryl methyl sites for hydroxylation is 1. The summed E-state index contributed by atoms with van der Waals surface area (Å²) in [5.41, 5.74) is 2.40. The van der Waals surface area contributed by atoms with Gasteiger partial charge in [0.15, 0.2) is 11.5 Å². The molecule has 3 aromatic rings. The molecule has 3 N–H and O–H groups in total. The van der Waals surface area contributed by atoms with Gasteiger partial charge in [-0.05, 0) is 49.7 Å². The molecule has 244 valence electrons. The van der Waals surface area contributed by atoms with Crippen LogP contribution in [0.1, 0.15) is 18.1 Å². The van der Waals surface area contributed by atoms with E-state index in [-0.39, 0.29) is 10.6 Å². The monoisotopic (exact) mass is 658 g/mol. The number of benzene rings is 2. The lowest BCUT2D eigenvalue weighted by molar-refractivity contribution is -0.193. The third kappa shape index (κ3) is 10.6. The third-order valence-corrected chi connectivity index (χ3v) is 6.95. The number of halogens is 6. The third-order valence-electron chi connectivity index (χ3n) is 5.74. The average molecular weight is 659 g/mol. The Morgan fingerprint density at radius 1 is 1.02 bits per heavy atom. The van der Waals surface area contributed by atoms with E-state index in [1.807, 2.05) is 13.0 Å². The van der Waals surface area contributed by atoms with E-state index in [2.05, 4.69) is 17.1 Å². The minimum atomic E-state index is -5.08. The lowest BCUT2D eigenvalue weighted by Gasteiger charge is -2.31. The smallest absolute Gasteiger partial charge is 0.490 e. The van der Waals surface area contributed by atoms with Gasteiger partial charge in [-0.2, -0.15) is 34.8 Å². The second kappa shape index (κ2) is 14.6. The molecule has 1 aliphatic heterocycles. The number of methoxy groups -OCH3 is 1. The predicted molar refractivity (Wildman–Crippen MR) is 142 cm³/mol. The second-order valence-electron chi connectivity index (χ2n) is 9.31. The molecule has 1 aromatic heterocycles. The molecular weight excluding hydrogens is 630 g/mol. The van der Waals surface area contributed by atoms with Crippen LogP contribution in [0.3, 0.4) is 0 Å². The van der Waals surface area contributed by atoms with Gasteiger partial charge < -0.3 is 28.9 Å². The van der Waals surface area contributed by atoms with E-state index in [1.54, 1.807) is 36.6 Å². The standard InChI is InChI=1S/C22H26N2O5S.2C2HF3O2/c1-15-4-5-20(27-3)21(10-15)29-30(25,26)19-11-17-6-9-28-22(17)18(12-19)14-24-8-7-23-16(2)13-24;2*3-2(4,5)1(6)7/h4-6,9-12,16,23H,7-8,13-14H2,1-3H3;2*(H,6,7)/t16-;;/m0../s1. The predicted octanol–water partition coefficient (Wildman–Crippen LogP) is 4.58. The normalized spacial score (nSPS) is 15.8. The van der Waals surface area contributed by atoms with Crippen LogP contribution in [0.2, 0.25) is 0 Å². The summed E-state index contributed by atoms with van der Waals surface area (Å²) in [5.74, 6) is -4.98. The van der Waals surface area contributed by atoms with Crippen molar-refractivity contribution in [1.82, 2.24) is 10.2 Å². The number of hydrogen-bond donors (Lipinski definition) is 3. The Kier molecular flexibility index (Phi) is 12.0. The molecule has 1 saturated heterocycles. The van der Waals surface area contributed by atoms with Gasteiger partial charge in [0.1, 0.15) is 10.5 Å². The van der Waals surface area contributed by atoms with E-state index in [0.29, 0.717) is 23.9 Å². The second-order valence-corrected chi connectivity index (χ2v) is 10.9. The van der Waals surface area contributed by atoms with E-state index >= 15 is 0 Å². The van der Waals surface area contributed by atoms with Crippen LogP contribution in [0.25, 0.3) is 11.0 Å². The van der Waals surface area contributed by atoms with E-state index in [0.717, 1.165) is 36.1 Å². The van der Waals surface area contributed by atoms with Crippen molar-refractivity contribution in [3.8, 4) is 11.5 Å². The van der Waals surface area contributed by atoms with Gasteiger partial charge in [0.25, 0.3) is 0 Å². The largest absolute Gasteiger partial charge is 0.493 e. The highest BCUT2D eigenvalue weighted by atomic mass is 32.2. The fraction of sp³-hybridized carbons (Fsp3) is 0.385. The Labute approximate surface area is 247 Å². The van der Waals surface area contributed by atoms with E-state index in [4.69, 9.17) is 33.1 Å². The summed E-state index contributed by atoms with van der Waals surface area (Å²) < 4.78 is 106. The molecule has 44 heavy (non-hydrogen) atoms. The van der Waals surface area contributed by atoms with Crippen LogP contribution in [0.15, 0.2) is 52.0 Å². The molecule has 0 bridgehead atoms. The molecule has 11 nitrogen and oxygen atoms in total. The zero-order chi connectivity index (χ0) is 33.5. The Morgan fingerprint density at radius 3 is 2.14 bits per heavy atom. The van der Waals surface area contributed by atoms with Gasteiger partial charge >= 0.3 is 34.4 Å². The summed E-state index contributed by atoms with van der Waals surface area (Å²) in [5, 5.41) is 18.4. The van der Waals surface area contributed by atoms with Crippen LogP contribution in [0.5, 0.6) is 11.5 Å². The van der Waals surface area contributed by atoms with Crippen LogP contribution in [-0.4, -0.2) is 80.6 Å². The van der Waals surface area contributed by atoms with Crippen LogP contribution < -0.4 is 14.2 Å². The molecule has 1 atom stereocenters. The summed E-state index contributed by atoms with van der Waals surface area (Å²) >= 11 is 0. The number of furan rings is 1. The molecular formula is C26H28F6N2O9S. The first-order valence-electron chi connectivity index (χ1n) is 12.4. The highest BCUT2D eigenvalue weighted by Crippen LogP contribution is 2.32. The maximum Gasteiger partial charge on any atom is 0.490 e. The molecule has 4 rings (SSSR count). The number of nitrogens with one attached hydrogen (secondary N) is 1. The lowest BCUT2D eigenvalue weighted by Crippen LogP contribution is -2.48. The maximum atomic E-state index is 13.1. The summed E-state index contributed by atoms with van der Waals surface area (Å²) in [6.07, 6.45) is -8.59. The minimum Gasteiger partial charge on any atom is -0.493 e. The first-order valence-corrected chi connectivity index (χ1v) is 13.8. The molecule has 1 aliphatic rings. The van der Waals surface area contributed by atoms with Gasteiger partial charge in [0.2, 0.25) is 0 Å². The highest BCUT2D eigenvalue weighted by Gasteiger charge is 2.39. The summed E-state index contributed by atoms with van der Waals surface area (Å²) in [6, 6.07) is 10.6. The quantitative estimate of drug-likeness (QED) is 0.252. The molecule has 2 heterocycles. The Morgan fingerprint density at radius 2 is 1.61 bits per heavy atom. The number of aliphatic carboxylic acids is 2. The number of carboxylic acids is 2. The number of rotatable bonds is 6. The molecule has 0 radical (unpaired) electrons. The number of piperazine rings is 1. The van der Waals surface area contributed by atoms with Gasteiger partial charge in [-0.15, -0.1) is 0 Å². The van der Waals surface area contributed by atoms with Gasteiger partial charge in [0, 0.05) is 43.2 Å². The van der Waals surface area contributed by atoms with Crippen LogP contribution in [0, 0.1) is 6.92 Å². The molecule has 0 amide bonds. The Bertz CT molecular complexity index is 1530. The van der Waals surface area contributed by atoms with Crippen molar-refractivity contribution in [3.63, 3.8) is 0 Å². The van der Waals surface area contributed by atoms with Crippen molar-refractivity contribution in [2.75, 3.05) is 26.7 Å². The van der Waals surface area contributed by atoms with Crippen molar-refractivity contribution in [3.05, 3.63) is 53.8 Å². The summed E-state index contributed by atoms with van der Waals surface area (Å²) in [6.45, 7) is 7.28. The SMILES string of the molecule is COc1ccc(C)cc1OS(=O)(=O)c1cc(CN2CCN[C@@H](C)C2)c2occc2c1.O=C(O)C(F)(F)F.O=C(O)C(F)(F)F. The number of carbonyl (C=O) groups is 2. The van der Waals surface area contributed by atoms with E-state index in [1.165, 1.54) is 7.11 Å². The van der Waals surface area contributed by atoms with Crippen LogP contribution >= 0.6 is 0 Å². The van der Waals surface area contributed by atoms with Crippen molar-refractivity contribution < 1.29 is 67.9 Å². The number of hydrogen-bond acceptors (Lipinski definition) is 9. The topological polar surface area (TPSA) is 156 Å². The van der Waals surface area contributed by atoms with Gasteiger partial charge in [0.05, 0.1) is 13.4 Å². The molecule has 1 fully saturated rings. The molecule has 0 saturated carbocycles. The maximum absolute atomic E-state index is 13.1. The minimum absolute atomic E-state index is 0.0955. The van der Waals surface area contributed by atoms with Crippen molar-refractivity contribution >= 4 is 33.0 Å². The van der Waals surface area contributed by atoms with Gasteiger partial charge in [-0.1, -0.05) is 6.07 Å². The fourth-order valence-corrected chi connectivity index (χ4v) is 4.82. The number of nitrogens with zero attached hydrogens (tertiary/aromatic N) is 1. The number of alkyl halides is 6. The van der Waals surface area contributed by atoms with E-state index in [9.17, 15) is 34.8 Å². The number of ether oxygens (including phenoxy) is 1. The van der Waals surface area contributed by atoms with Gasteiger partial charge in [-0.25, -0.2) is 9.59 Å². The molecule has 0 spiro atoms. The van der Waals surface area contributed by atoms with Crippen molar-refractivity contribution in [2.24, 2.45) is 0 Å². The van der Waals surface area contributed by atoms with Gasteiger partial charge in [-0.3, -0.25) is 4.90 Å². The zero-order valence-corrected chi connectivity index (χ0v) is 24.1. The average Bonchev–Trinajstić information content (AvgIpc) is 3.38. The van der Waals surface area contributed by atoms with Crippen molar-refractivity contribution in [1.29, 1.82) is 0 Å². The Hall–Kier alpha value is -4.03. The first kappa shape index (κ1) is 36.2. The summed E-state index contributed by atoms with van der Waals surface area (Å²) in [4.78, 5) is 20.2. The molecule has 0 aliphatic carbocycles. The molecule has 2 aromatic carbocycles. The summed E-state index contributed by atoms with van der Waals surface area (Å²) in [7, 11) is -2.58. The van der Waals surface area contributed by atoms with E-state index < -0.39 is 34.4 Å². The first-order chi connectivity index (χ1) is 20.2. The van der Waals surface area contributed by atoms with Crippen LogP contribution in [0.4, 0.5) is 26.3 Å². The number of carboxylic acid groups (broad SMARTS) is 2. The van der Waals surface area contributed by atoms with Crippen LogP contribution in [-0.2, 0) is 26.3 Å². The zero-order valence-electron chi connectivity index (χ0n) is 23.3. The lowest BCUT2D eigenvalue weighted by atomic mass is 10.1. The van der Waals surface area contributed by atoms with Crippen molar-refractivity contribution in [2.45, 2.75) is 43.7 Å². The molecule has 0 unspecified atom stereocenters. The Balaban J connectivity index is 0.000000402.